The molecular weight excluding hydrogens is 254 g/mol. The number of ether oxygens (including phenoxy) is 1. The average molecular weight is 267 g/mol. The van der Waals surface area contributed by atoms with Crippen LogP contribution in [0.3, 0.4) is 0 Å². The van der Waals surface area contributed by atoms with Crippen LogP contribution in [0.5, 0.6) is 5.75 Å². The molecule has 0 atom stereocenters. The number of rotatable bonds is 3. The molecule has 0 spiro atoms. The van der Waals surface area contributed by atoms with Gasteiger partial charge in [-0.1, -0.05) is 18.2 Å². The predicted octanol–water partition coefficient (Wildman–Crippen LogP) is 2.62. The van der Waals surface area contributed by atoms with E-state index in [1.807, 2.05) is 54.6 Å². The molecule has 3 aromatic rings. The van der Waals surface area contributed by atoms with E-state index in [9.17, 15) is 0 Å². The first-order chi connectivity index (χ1) is 9.78. The minimum Gasteiger partial charge on any atom is -0.497 e. The second kappa shape index (κ2) is 5.05. The van der Waals surface area contributed by atoms with E-state index in [0.717, 1.165) is 17.0 Å². The van der Waals surface area contributed by atoms with Crippen LogP contribution in [-0.2, 0) is 0 Å². The van der Waals surface area contributed by atoms with Crippen LogP contribution in [0.4, 0.5) is 0 Å². The highest BCUT2D eigenvalue weighted by Gasteiger charge is 2.09. The van der Waals surface area contributed by atoms with Gasteiger partial charge in [-0.15, -0.1) is 5.10 Å². The number of para-hydroxylation sites is 1. The van der Waals surface area contributed by atoms with Gasteiger partial charge in [-0.05, 0) is 36.4 Å². The van der Waals surface area contributed by atoms with E-state index in [4.69, 9.17) is 14.6 Å². The van der Waals surface area contributed by atoms with Crippen molar-refractivity contribution >= 4 is 0 Å². The van der Waals surface area contributed by atoms with Crippen molar-refractivity contribution in [3.05, 3.63) is 60.3 Å². The molecule has 3 rings (SSSR count). The molecule has 5 nitrogen and oxygen atoms in total. The molecule has 100 valence electrons. The van der Waals surface area contributed by atoms with Gasteiger partial charge in [0.25, 0.3) is 0 Å². The third-order valence-electron chi connectivity index (χ3n) is 2.91. The highest BCUT2D eigenvalue weighted by Crippen LogP contribution is 2.20. The van der Waals surface area contributed by atoms with Gasteiger partial charge in [-0.25, -0.2) is 5.41 Å². The Morgan fingerprint density at radius 3 is 2.40 bits per heavy atom. The Hall–Kier alpha value is -2.82. The summed E-state index contributed by atoms with van der Waals surface area (Å²) in [6.45, 7) is 0. The maximum Gasteiger partial charge on any atom is 0.317 e. The first-order valence-corrected chi connectivity index (χ1v) is 6.12. The van der Waals surface area contributed by atoms with Crippen LogP contribution in [-0.4, -0.2) is 16.9 Å². The summed E-state index contributed by atoms with van der Waals surface area (Å²) >= 11 is 0. The van der Waals surface area contributed by atoms with Gasteiger partial charge in [0.1, 0.15) is 5.75 Å². The van der Waals surface area contributed by atoms with Gasteiger partial charge in [-0.2, -0.15) is 4.68 Å². The monoisotopic (exact) mass is 267 g/mol. The van der Waals surface area contributed by atoms with Gasteiger partial charge in [0, 0.05) is 5.56 Å². The SMILES string of the molecule is COc1ccc(-c2nn(-c3ccccc3)c(=N)o2)cc1. The summed E-state index contributed by atoms with van der Waals surface area (Å²) in [6.07, 6.45) is 0. The quantitative estimate of drug-likeness (QED) is 0.793. The van der Waals surface area contributed by atoms with Crippen LogP contribution in [0.25, 0.3) is 17.1 Å². The Morgan fingerprint density at radius 1 is 1.05 bits per heavy atom. The van der Waals surface area contributed by atoms with E-state index in [2.05, 4.69) is 5.10 Å². The molecule has 20 heavy (non-hydrogen) atoms. The molecule has 0 radical (unpaired) electrons. The van der Waals surface area contributed by atoms with Crippen molar-refractivity contribution < 1.29 is 9.15 Å². The van der Waals surface area contributed by atoms with Crippen LogP contribution in [0, 0.1) is 5.41 Å². The Balaban J connectivity index is 2.02. The third kappa shape index (κ3) is 2.21. The van der Waals surface area contributed by atoms with Crippen molar-refractivity contribution in [2.75, 3.05) is 7.11 Å². The number of hydrogen-bond donors (Lipinski definition) is 1. The highest BCUT2D eigenvalue weighted by atomic mass is 16.5. The number of aromatic nitrogens is 2. The zero-order valence-corrected chi connectivity index (χ0v) is 10.9. The summed E-state index contributed by atoms with van der Waals surface area (Å²) < 4.78 is 12.0. The maximum absolute atomic E-state index is 7.87. The zero-order chi connectivity index (χ0) is 13.9. The van der Waals surface area contributed by atoms with Crippen molar-refractivity contribution in [3.63, 3.8) is 0 Å². The van der Waals surface area contributed by atoms with E-state index < -0.39 is 0 Å². The lowest BCUT2D eigenvalue weighted by Crippen LogP contribution is -2.13. The molecule has 1 heterocycles. The molecular formula is C15H13N3O2. The number of hydrogen-bond acceptors (Lipinski definition) is 4. The Bertz CT molecular complexity index is 758. The van der Waals surface area contributed by atoms with Crippen LogP contribution in [0.2, 0.25) is 0 Å². The fourth-order valence-corrected chi connectivity index (χ4v) is 1.89. The smallest absolute Gasteiger partial charge is 0.317 e. The first-order valence-electron chi connectivity index (χ1n) is 6.12. The second-order valence-corrected chi connectivity index (χ2v) is 4.19. The van der Waals surface area contributed by atoms with Crippen molar-refractivity contribution in [3.8, 4) is 22.9 Å². The Kier molecular flexibility index (Phi) is 3.09. The van der Waals surface area contributed by atoms with Gasteiger partial charge in [0.05, 0.1) is 12.8 Å². The van der Waals surface area contributed by atoms with E-state index in [1.54, 1.807) is 7.11 Å². The summed E-state index contributed by atoms with van der Waals surface area (Å²) in [5, 5.41) is 12.2. The normalized spacial score (nSPS) is 10.4. The molecule has 5 heteroatoms. The first kappa shape index (κ1) is 12.2. The number of nitrogens with zero attached hydrogens (tertiary/aromatic N) is 2. The second-order valence-electron chi connectivity index (χ2n) is 4.19. The summed E-state index contributed by atoms with van der Waals surface area (Å²) in [4.78, 5) is 0. The number of nitrogens with one attached hydrogen (secondary N) is 1. The van der Waals surface area contributed by atoms with Gasteiger partial charge >= 0.3 is 5.68 Å². The predicted molar refractivity (Wildman–Crippen MR) is 73.7 cm³/mol. The molecule has 0 saturated heterocycles. The molecule has 0 aliphatic heterocycles. The van der Waals surface area contributed by atoms with Crippen molar-refractivity contribution in [1.82, 2.24) is 9.78 Å². The van der Waals surface area contributed by atoms with Crippen LogP contribution in [0.1, 0.15) is 0 Å². The molecule has 0 saturated carbocycles. The summed E-state index contributed by atoms with van der Waals surface area (Å²) in [5.74, 6) is 1.17. The molecule has 0 aliphatic carbocycles. The molecule has 0 bridgehead atoms. The van der Waals surface area contributed by atoms with Crippen LogP contribution in [0.15, 0.2) is 59.0 Å². The largest absolute Gasteiger partial charge is 0.497 e. The zero-order valence-electron chi connectivity index (χ0n) is 10.9. The maximum atomic E-state index is 7.87. The van der Waals surface area contributed by atoms with Crippen molar-refractivity contribution in [2.45, 2.75) is 0 Å². The molecule has 0 aliphatic rings. The van der Waals surface area contributed by atoms with Gasteiger partial charge in [0.15, 0.2) is 0 Å². The Labute approximate surface area is 115 Å². The van der Waals surface area contributed by atoms with Crippen LogP contribution >= 0.6 is 0 Å². The molecule has 1 aromatic heterocycles. The summed E-state index contributed by atoms with van der Waals surface area (Å²) in [5.41, 5.74) is 1.58. The van der Waals surface area contributed by atoms with E-state index in [1.165, 1.54) is 4.68 Å². The average Bonchev–Trinajstić information content (AvgIpc) is 2.90. The molecule has 2 aromatic carbocycles. The van der Waals surface area contributed by atoms with E-state index in [-0.39, 0.29) is 5.68 Å². The van der Waals surface area contributed by atoms with Crippen molar-refractivity contribution in [1.29, 1.82) is 5.41 Å². The summed E-state index contributed by atoms with van der Waals surface area (Å²) in [7, 11) is 1.62. The minimum absolute atomic E-state index is 0.0120. The lowest BCUT2D eigenvalue weighted by atomic mass is 10.2. The fourth-order valence-electron chi connectivity index (χ4n) is 1.89. The molecule has 0 fully saturated rings. The third-order valence-corrected chi connectivity index (χ3v) is 2.91. The summed E-state index contributed by atoms with van der Waals surface area (Å²) in [6, 6.07) is 16.8. The molecule has 0 unspecified atom stereocenters. The van der Waals surface area contributed by atoms with E-state index in [0.29, 0.717) is 5.89 Å². The Morgan fingerprint density at radius 2 is 1.75 bits per heavy atom. The van der Waals surface area contributed by atoms with Crippen molar-refractivity contribution in [2.24, 2.45) is 0 Å². The molecule has 1 N–H and O–H groups in total. The van der Waals surface area contributed by atoms with Crippen LogP contribution < -0.4 is 10.4 Å². The fraction of sp³-hybridized carbons (Fsp3) is 0.0667. The number of methoxy groups -OCH3 is 1. The standard InChI is InChI=1S/C15H13N3O2/c1-19-13-9-7-11(8-10-13)14-17-18(15(16)20-14)12-5-3-2-4-6-12/h2-10,16H,1H3. The minimum atomic E-state index is -0.0120. The van der Waals surface area contributed by atoms with E-state index >= 15 is 0 Å². The number of benzene rings is 2. The lowest BCUT2D eigenvalue weighted by Gasteiger charge is -1.99. The van der Waals surface area contributed by atoms with Gasteiger partial charge < -0.3 is 9.15 Å². The highest BCUT2D eigenvalue weighted by molar-refractivity contribution is 5.54. The van der Waals surface area contributed by atoms with Gasteiger partial charge in [-0.3, -0.25) is 0 Å². The topological polar surface area (TPSA) is 64.0 Å². The lowest BCUT2D eigenvalue weighted by molar-refractivity contribution is 0.415. The molecule has 0 amide bonds. The van der Waals surface area contributed by atoms with Gasteiger partial charge in [0.2, 0.25) is 5.89 Å².